The molecule has 100 valence electrons. The maximum Gasteiger partial charge on any atom is 0.257 e. The van der Waals surface area contributed by atoms with E-state index in [-0.39, 0.29) is 5.41 Å². The van der Waals surface area contributed by atoms with E-state index in [2.05, 4.69) is 44.6 Å². The summed E-state index contributed by atoms with van der Waals surface area (Å²) in [6, 6.07) is 2.18. The molecular weight excluding hydrogens is 244 g/mol. The molecule has 2 aromatic rings. The van der Waals surface area contributed by atoms with E-state index < -0.39 is 0 Å². The Labute approximate surface area is 110 Å². The minimum atomic E-state index is 0.287. The molecule has 1 aliphatic carbocycles. The number of hydrogen-bond donors (Lipinski definition) is 3. The van der Waals surface area contributed by atoms with Crippen molar-refractivity contribution in [3.63, 3.8) is 0 Å². The van der Waals surface area contributed by atoms with Crippen molar-refractivity contribution in [2.75, 3.05) is 10.7 Å². The predicted octanol–water partition coefficient (Wildman–Crippen LogP) is 0.553. The lowest BCUT2D eigenvalue weighted by atomic mass is 10.2. The third-order valence-corrected chi connectivity index (χ3v) is 3.28. The lowest BCUT2D eigenvalue weighted by molar-refractivity contribution is 0.628. The molecule has 0 radical (unpaired) electrons. The summed E-state index contributed by atoms with van der Waals surface area (Å²) >= 11 is 0. The zero-order chi connectivity index (χ0) is 13.5. The summed E-state index contributed by atoms with van der Waals surface area (Å²) in [7, 11) is 0. The first-order chi connectivity index (χ1) is 9.08. The van der Waals surface area contributed by atoms with E-state index in [0.717, 1.165) is 6.42 Å². The van der Waals surface area contributed by atoms with E-state index in [0.29, 0.717) is 23.9 Å². The highest BCUT2D eigenvalue weighted by Gasteiger charge is 2.46. The SMILES string of the molecule is CC1(C)CC1Nc1nc(NN)nc(-n2cccn2)n1. The highest BCUT2D eigenvalue weighted by atomic mass is 15.4. The average molecular weight is 260 g/mol. The maximum atomic E-state index is 5.38. The molecule has 1 aliphatic rings. The number of aromatic nitrogens is 5. The number of rotatable bonds is 4. The molecule has 1 unspecified atom stereocenters. The van der Waals surface area contributed by atoms with E-state index in [4.69, 9.17) is 5.84 Å². The van der Waals surface area contributed by atoms with Crippen molar-refractivity contribution in [1.29, 1.82) is 0 Å². The number of nitrogens with two attached hydrogens (primary N) is 1. The van der Waals surface area contributed by atoms with Crippen LogP contribution in [0, 0.1) is 5.41 Å². The van der Waals surface area contributed by atoms with Crippen LogP contribution in [0.25, 0.3) is 5.95 Å². The van der Waals surface area contributed by atoms with Crippen molar-refractivity contribution in [3.05, 3.63) is 18.5 Å². The molecule has 1 atom stereocenters. The number of hydrogen-bond acceptors (Lipinski definition) is 7. The van der Waals surface area contributed by atoms with Gasteiger partial charge in [0.25, 0.3) is 5.95 Å². The quantitative estimate of drug-likeness (QED) is 0.544. The topological polar surface area (TPSA) is 107 Å². The summed E-state index contributed by atoms with van der Waals surface area (Å²) in [5.41, 5.74) is 2.73. The van der Waals surface area contributed by atoms with Crippen LogP contribution in [-0.4, -0.2) is 30.8 Å². The summed E-state index contributed by atoms with van der Waals surface area (Å²) in [5.74, 6) is 6.62. The van der Waals surface area contributed by atoms with Gasteiger partial charge in [-0.3, -0.25) is 5.43 Å². The molecule has 0 aliphatic heterocycles. The largest absolute Gasteiger partial charge is 0.351 e. The lowest BCUT2D eigenvalue weighted by Gasteiger charge is -2.09. The third-order valence-electron chi connectivity index (χ3n) is 3.28. The maximum absolute atomic E-state index is 5.38. The number of nitrogen functional groups attached to an aromatic ring is 1. The zero-order valence-electron chi connectivity index (χ0n) is 10.8. The monoisotopic (exact) mass is 260 g/mol. The molecule has 2 heterocycles. The molecule has 8 nitrogen and oxygen atoms in total. The van der Waals surface area contributed by atoms with Crippen LogP contribution in [0.1, 0.15) is 20.3 Å². The molecule has 0 saturated heterocycles. The standard InChI is InChI=1S/C11H16N8/c1-11(2)6-7(11)14-8-15-9(18-12)17-10(16-8)19-5-3-4-13-19/h3-5,7H,6,12H2,1-2H3,(H2,14,15,16,17,18). The van der Waals surface area contributed by atoms with Gasteiger partial charge in [0.2, 0.25) is 11.9 Å². The van der Waals surface area contributed by atoms with Crippen LogP contribution in [0.15, 0.2) is 18.5 Å². The first-order valence-electron chi connectivity index (χ1n) is 6.08. The van der Waals surface area contributed by atoms with Gasteiger partial charge in [0.15, 0.2) is 0 Å². The minimum Gasteiger partial charge on any atom is -0.351 e. The van der Waals surface area contributed by atoms with Crippen LogP contribution in [0.4, 0.5) is 11.9 Å². The molecule has 0 bridgehead atoms. The molecule has 2 aromatic heterocycles. The van der Waals surface area contributed by atoms with E-state index in [9.17, 15) is 0 Å². The van der Waals surface area contributed by atoms with Crippen molar-refractivity contribution in [3.8, 4) is 5.95 Å². The van der Waals surface area contributed by atoms with Gasteiger partial charge in [0.05, 0.1) is 0 Å². The lowest BCUT2D eigenvalue weighted by Crippen LogP contribution is -2.18. The summed E-state index contributed by atoms with van der Waals surface area (Å²) in [4.78, 5) is 12.7. The van der Waals surface area contributed by atoms with Gasteiger partial charge < -0.3 is 5.32 Å². The Bertz CT molecular complexity index is 576. The molecule has 4 N–H and O–H groups in total. The van der Waals surface area contributed by atoms with Gasteiger partial charge in [-0.25, -0.2) is 10.5 Å². The fourth-order valence-electron chi connectivity index (χ4n) is 1.85. The minimum absolute atomic E-state index is 0.287. The van der Waals surface area contributed by atoms with Gasteiger partial charge in [0, 0.05) is 18.4 Å². The van der Waals surface area contributed by atoms with Gasteiger partial charge in [-0.15, -0.1) is 0 Å². The van der Waals surface area contributed by atoms with Crippen LogP contribution >= 0.6 is 0 Å². The van der Waals surface area contributed by atoms with E-state index in [1.54, 1.807) is 23.1 Å². The van der Waals surface area contributed by atoms with Gasteiger partial charge in [-0.05, 0) is 17.9 Å². The molecule has 0 aromatic carbocycles. The molecule has 3 rings (SSSR count). The second-order valence-electron chi connectivity index (χ2n) is 5.27. The Morgan fingerprint density at radius 1 is 1.32 bits per heavy atom. The van der Waals surface area contributed by atoms with Crippen molar-refractivity contribution in [2.45, 2.75) is 26.3 Å². The molecule has 19 heavy (non-hydrogen) atoms. The highest BCUT2D eigenvalue weighted by molar-refractivity contribution is 5.39. The Morgan fingerprint density at radius 3 is 2.63 bits per heavy atom. The van der Waals surface area contributed by atoms with Crippen molar-refractivity contribution in [2.24, 2.45) is 11.3 Å². The molecule has 1 fully saturated rings. The third kappa shape index (κ3) is 2.34. The van der Waals surface area contributed by atoms with E-state index >= 15 is 0 Å². The first kappa shape index (κ1) is 11.8. The van der Waals surface area contributed by atoms with Crippen LogP contribution in [-0.2, 0) is 0 Å². The Balaban J connectivity index is 1.89. The Morgan fingerprint density at radius 2 is 2.05 bits per heavy atom. The fraction of sp³-hybridized carbons (Fsp3) is 0.455. The normalized spacial score (nSPS) is 20.1. The number of anilines is 2. The highest BCUT2D eigenvalue weighted by Crippen LogP contribution is 2.46. The number of nitrogens with one attached hydrogen (secondary N) is 2. The second-order valence-corrected chi connectivity index (χ2v) is 5.27. The number of nitrogens with zero attached hydrogens (tertiary/aromatic N) is 5. The average Bonchev–Trinajstić information content (AvgIpc) is 2.85. The fourth-order valence-corrected chi connectivity index (χ4v) is 1.85. The van der Waals surface area contributed by atoms with Crippen LogP contribution in [0.2, 0.25) is 0 Å². The van der Waals surface area contributed by atoms with E-state index in [1.165, 1.54) is 0 Å². The Hall–Kier alpha value is -2.22. The molecular formula is C11H16N8. The summed E-state index contributed by atoms with van der Waals surface area (Å²) < 4.78 is 1.56. The molecule has 1 saturated carbocycles. The molecule has 8 heteroatoms. The summed E-state index contributed by atoms with van der Waals surface area (Å²) in [6.07, 6.45) is 4.53. The predicted molar refractivity (Wildman–Crippen MR) is 70.6 cm³/mol. The Kier molecular flexibility index (Phi) is 2.59. The summed E-state index contributed by atoms with van der Waals surface area (Å²) in [5, 5.41) is 7.38. The van der Waals surface area contributed by atoms with E-state index in [1.807, 2.05) is 0 Å². The van der Waals surface area contributed by atoms with Crippen LogP contribution in [0.5, 0.6) is 0 Å². The van der Waals surface area contributed by atoms with Crippen molar-refractivity contribution < 1.29 is 0 Å². The van der Waals surface area contributed by atoms with Gasteiger partial charge >= 0.3 is 0 Å². The molecule has 0 spiro atoms. The second kappa shape index (κ2) is 4.16. The van der Waals surface area contributed by atoms with Crippen molar-refractivity contribution in [1.82, 2.24) is 24.7 Å². The number of hydrazine groups is 1. The van der Waals surface area contributed by atoms with Crippen LogP contribution in [0.3, 0.4) is 0 Å². The van der Waals surface area contributed by atoms with Crippen LogP contribution < -0.4 is 16.6 Å². The smallest absolute Gasteiger partial charge is 0.257 e. The molecule has 0 amide bonds. The zero-order valence-corrected chi connectivity index (χ0v) is 10.8. The van der Waals surface area contributed by atoms with Gasteiger partial charge in [-0.1, -0.05) is 13.8 Å². The van der Waals surface area contributed by atoms with Gasteiger partial charge in [-0.2, -0.15) is 20.1 Å². The van der Waals surface area contributed by atoms with Crippen molar-refractivity contribution >= 4 is 11.9 Å². The summed E-state index contributed by atoms with van der Waals surface area (Å²) in [6.45, 7) is 4.39. The first-order valence-corrected chi connectivity index (χ1v) is 6.08. The van der Waals surface area contributed by atoms with Gasteiger partial charge in [0.1, 0.15) is 0 Å².